The minimum atomic E-state index is -0.636. The van der Waals surface area contributed by atoms with Crippen molar-refractivity contribution in [2.24, 2.45) is 11.8 Å². The van der Waals surface area contributed by atoms with E-state index in [1.54, 1.807) is 12.0 Å². The zero-order valence-electron chi connectivity index (χ0n) is 13.8. The molecule has 1 amide bonds. The summed E-state index contributed by atoms with van der Waals surface area (Å²) in [7, 11) is 1.65. The second kappa shape index (κ2) is 6.61. The summed E-state index contributed by atoms with van der Waals surface area (Å²) in [6, 6.07) is 0. The van der Waals surface area contributed by atoms with Crippen molar-refractivity contribution in [1.29, 1.82) is 0 Å². The minimum absolute atomic E-state index is 0.00499. The van der Waals surface area contributed by atoms with Crippen LogP contribution < -0.4 is 0 Å². The summed E-state index contributed by atoms with van der Waals surface area (Å²) in [5.41, 5.74) is -0.636. The molecule has 0 aromatic rings. The van der Waals surface area contributed by atoms with Gasteiger partial charge in [0.25, 0.3) is 0 Å². The van der Waals surface area contributed by atoms with Crippen LogP contribution in [0.1, 0.15) is 26.2 Å². The first kappa shape index (κ1) is 16.5. The molecule has 128 valence electrons. The molecule has 0 aromatic heterocycles. The van der Waals surface area contributed by atoms with Crippen molar-refractivity contribution >= 4 is 11.9 Å². The fourth-order valence-electron chi connectivity index (χ4n) is 3.85. The van der Waals surface area contributed by atoms with E-state index in [1.165, 1.54) is 0 Å². The lowest BCUT2D eigenvalue weighted by Gasteiger charge is -2.22. The molecule has 3 heterocycles. The first-order chi connectivity index (χ1) is 11.1. The molecule has 6 heteroatoms. The molecule has 2 saturated heterocycles. The van der Waals surface area contributed by atoms with E-state index in [0.29, 0.717) is 26.3 Å². The molecule has 3 aliphatic heterocycles. The number of amides is 1. The van der Waals surface area contributed by atoms with Gasteiger partial charge in [-0.2, -0.15) is 0 Å². The molecule has 3 rings (SSSR count). The second-order valence-electron chi connectivity index (χ2n) is 6.53. The van der Waals surface area contributed by atoms with Gasteiger partial charge < -0.3 is 19.1 Å². The van der Waals surface area contributed by atoms with Gasteiger partial charge in [-0.1, -0.05) is 25.5 Å². The zero-order valence-corrected chi connectivity index (χ0v) is 13.8. The number of hydrogen-bond acceptors (Lipinski definition) is 5. The average molecular weight is 323 g/mol. The molecular weight excluding hydrogens is 298 g/mol. The molecule has 0 aromatic carbocycles. The van der Waals surface area contributed by atoms with Crippen LogP contribution in [0.15, 0.2) is 12.2 Å². The molecule has 23 heavy (non-hydrogen) atoms. The van der Waals surface area contributed by atoms with Crippen molar-refractivity contribution < 1.29 is 23.8 Å². The van der Waals surface area contributed by atoms with E-state index >= 15 is 0 Å². The molecule has 3 aliphatic rings. The average Bonchev–Trinajstić information content (AvgIpc) is 3.16. The molecule has 4 atom stereocenters. The van der Waals surface area contributed by atoms with Gasteiger partial charge >= 0.3 is 5.97 Å². The third-order valence-electron chi connectivity index (χ3n) is 4.97. The Morgan fingerprint density at radius 3 is 3.00 bits per heavy atom. The van der Waals surface area contributed by atoms with Crippen LogP contribution in [0.25, 0.3) is 0 Å². The first-order valence-corrected chi connectivity index (χ1v) is 8.44. The summed E-state index contributed by atoms with van der Waals surface area (Å²) in [6.45, 7) is 4.22. The third kappa shape index (κ3) is 2.78. The van der Waals surface area contributed by atoms with Gasteiger partial charge in [-0.25, -0.2) is 0 Å². The molecule has 0 radical (unpaired) electrons. The van der Waals surface area contributed by atoms with Crippen LogP contribution in [-0.4, -0.2) is 61.9 Å². The quantitative estimate of drug-likeness (QED) is 0.381. The highest BCUT2D eigenvalue weighted by molar-refractivity contribution is 5.91. The Hall–Kier alpha value is -1.40. The fraction of sp³-hybridized carbons (Fsp3) is 0.765. The summed E-state index contributed by atoms with van der Waals surface area (Å²) in [4.78, 5) is 27.0. The number of nitrogens with zero attached hydrogens (tertiary/aromatic N) is 1. The molecular formula is C17H25NO5. The van der Waals surface area contributed by atoms with E-state index in [0.717, 1.165) is 19.3 Å². The summed E-state index contributed by atoms with van der Waals surface area (Å²) < 4.78 is 16.4. The predicted octanol–water partition coefficient (Wildman–Crippen LogP) is 1.15. The van der Waals surface area contributed by atoms with Gasteiger partial charge in [0.2, 0.25) is 5.91 Å². The molecule has 2 bridgehead atoms. The van der Waals surface area contributed by atoms with Crippen molar-refractivity contribution in [3.05, 3.63) is 12.2 Å². The van der Waals surface area contributed by atoms with Gasteiger partial charge in [-0.3, -0.25) is 9.59 Å². The Kier molecular flexibility index (Phi) is 4.73. The van der Waals surface area contributed by atoms with Crippen LogP contribution in [0.4, 0.5) is 0 Å². The molecule has 6 nitrogen and oxygen atoms in total. The smallest absolute Gasteiger partial charge is 0.312 e. The Morgan fingerprint density at radius 1 is 1.43 bits per heavy atom. The van der Waals surface area contributed by atoms with E-state index < -0.39 is 17.4 Å². The molecule has 1 unspecified atom stereocenters. The van der Waals surface area contributed by atoms with Crippen LogP contribution in [0, 0.1) is 11.8 Å². The van der Waals surface area contributed by atoms with E-state index in [9.17, 15) is 9.59 Å². The van der Waals surface area contributed by atoms with Crippen molar-refractivity contribution in [3.63, 3.8) is 0 Å². The van der Waals surface area contributed by atoms with Crippen molar-refractivity contribution in [3.8, 4) is 0 Å². The van der Waals surface area contributed by atoms with Gasteiger partial charge in [0.15, 0.2) is 0 Å². The van der Waals surface area contributed by atoms with Crippen LogP contribution in [0.2, 0.25) is 0 Å². The van der Waals surface area contributed by atoms with E-state index in [2.05, 4.69) is 0 Å². The summed E-state index contributed by atoms with van der Waals surface area (Å²) in [6.07, 6.45) is 6.15. The second-order valence-corrected chi connectivity index (χ2v) is 6.53. The monoisotopic (exact) mass is 323 g/mol. The molecule has 1 spiro atoms. The SMILES string of the molecule is CCCCOC(=O)[C@H]1[C@H]2C=CC3(CN(CCCOC)C(=O)[C@@H]13)O2. The number of ether oxygens (including phenoxy) is 3. The summed E-state index contributed by atoms with van der Waals surface area (Å²) in [5.74, 6) is -1.23. The standard InChI is InChI=1S/C17H25NO5/c1-3-4-10-22-16(20)13-12-6-7-17(23-12)11-18(8-5-9-21-2)15(19)14(13)17/h6-7,12-14H,3-5,8-11H2,1-2H3/t12-,13+,14-,17?/m1/s1. The van der Waals surface area contributed by atoms with E-state index in [-0.39, 0.29) is 18.0 Å². The summed E-state index contributed by atoms with van der Waals surface area (Å²) in [5, 5.41) is 0. The van der Waals surface area contributed by atoms with Crippen LogP contribution in [0.3, 0.4) is 0 Å². The van der Waals surface area contributed by atoms with Gasteiger partial charge in [-0.15, -0.1) is 0 Å². The Morgan fingerprint density at radius 2 is 2.26 bits per heavy atom. The third-order valence-corrected chi connectivity index (χ3v) is 4.97. The minimum Gasteiger partial charge on any atom is -0.465 e. The summed E-state index contributed by atoms with van der Waals surface area (Å²) >= 11 is 0. The van der Waals surface area contributed by atoms with Gasteiger partial charge in [0, 0.05) is 20.3 Å². The highest BCUT2D eigenvalue weighted by atomic mass is 16.6. The lowest BCUT2D eigenvalue weighted by Crippen LogP contribution is -2.40. The predicted molar refractivity (Wildman–Crippen MR) is 82.7 cm³/mol. The fourth-order valence-corrected chi connectivity index (χ4v) is 3.85. The number of methoxy groups -OCH3 is 1. The maximum Gasteiger partial charge on any atom is 0.312 e. The van der Waals surface area contributed by atoms with Crippen molar-refractivity contribution in [2.75, 3.05) is 33.4 Å². The number of fused-ring (bicyclic) bond motifs is 1. The number of carbonyl (C=O) groups is 2. The topological polar surface area (TPSA) is 65.1 Å². The highest BCUT2D eigenvalue weighted by Crippen LogP contribution is 2.52. The number of hydrogen-bond donors (Lipinski definition) is 0. The number of likely N-dealkylation sites (tertiary alicyclic amines) is 1. The van der Waals surface area contributed by atoms with Crippen LogP contribution in [-0.2, 0) is 23.8 Å². The van der Waals surface area contributed by atoms with E-state index in [1.807, 2.05) is 19.1 Å². The van der Waals surface area contributed by atoms with Crippen LogP contribution >= 0.6 is 0 Å². The highest BCUT2D eigenvalue weighted by Gasteiger charge is 2.67. The number of unbranched alkanes of at least 4 members (excludes halogenated alkanes) is 1. The first-order valence-electron chi connectivity index (χ1n) is 8.44. The van der Waals surface area contributed by atoms with Crippen molar-refractivity contribution in [1.82, 2.24) is 4.90 Å². The molecule has 0 N–H and O–H groups in total. The maximum absolute atomic E-state index is 12.8. The van der Waals surface area contributed by atoms with Crippen molar-refractivity contribution in [2.45, 2.75) is 37.9 Å². The molecule has 2 fully saturated rings. The maximum atomic E-state index is 12.8. The molecule has 0 saturated carbocycles. The number of esters is 1. The Bertz CT molecular complexity index is 505. The molecule has 0 aliphatic carbocycles. The van der Waals surface area contributed by atoms with Gasteiger partial charge in [0.05, 0.1) is 25.2 Å². The normalized spacial score (nSPS) is 34.3. The Balaban J connectivity index is 1.69. The lowest BCUT2D eigenvalue weighted by molar-refractivity contribution is -0.153. The zero-order chi connectivity index (χ0) is 16.4. The largest absolute Gasteiger partial charge is 0.465 e. The van der Waals surface area contributed by atoms with Gasteiger partial charge in [0.1, 0.15) is 11.5 Å². The van der Waals surface area contributed by atoms with Crippen LogP contribution in [0.5, 0.6) is 0 Å². The number of rotatable bonds is 8. The number of carbonyl (C=O) groups excluding carboxylic acids is 2. The Labute approximate surface area is 136 Å². The van der Waals surface area contributed by atoms with E-state index in [4.69, 9.17) is 14.2 Å². The van der Waals surface area contributed by atoms with Gasteiger partial charge in [-0.05, 0) is 12.8 Å². The lowest BCUT2D eigenvalue weighted by atomic mass is 9.77.